The van der Waals surface area contributed by atoms with Gasteiger partial charge in [-0.05, 0) is 19.1 Å². The van der Waals surface area contributed by atoms with Crippen LogP contribution in [0.1, 0.15) is 17.1 Å². The first-order valence-corrected chi connectivity index (χ1v) is 6.89. The van der Waals surface area contributed by atoms with Gasteiger partial charge in [-0.15, -0.1) is 0 Å². The van der Waals surface area contributed by atoms with Gasteiger partial charge in [-0.25, -0.2) is 4.98 Å². The number of nitrogens with zero attached hydrogens (tertiary/aromatic N) is 2. The molecule has 0 saturated carbocycles. The summed E-state index contributed by atoms with van der Waals surface area (Å²) in [7, 11) is 0. The maximum atomic E-state index is 11.8. The third-order valence-corrected chi connectivity index (χ3v) is 3.05. The van der Waals surface area contributed by atoms with Crippen molar-refractivity contribution in [1.29, 1.82) is 0 Å². The second-order valence-corrected chi connectivity index (χ2v) is 4.90. The molecule has 0 atom stereocenters. The molecule has 3 rings (SSSR count). The second-order valence-electron chi connectivity index (χ2n) is 4.90. The van der Waals surface area contributed by atoms with Crippen molar-refractivity contribution >= 4 is 5.91 Å². The molecule has 0 aliphatic heterocycles. The van der Waals surface area contributed by atoms with Crippen LogP contribution < -0.4 is 5.32 Å². The Morgan fingerprint density at radius 1 is 1.27 bits per heavy atom. The number of oxazole rings is 1. The minimum Gasteiger partial charge on any atom is -0.444 e. The van der Waals surface area contributed by atoms with Gasteiger partial charge in [0.2, 0.25) is 11.8 Å². The molecule has 6 heteroatoms. The monoisotopic (exact) mass is 297 g/mol. The molecule has 22 heavy (non-hydrogen) atoms. The number of amides is 1. The molecule has 0 aliphatic rings. The molecular weight excluding hydrogens is 282 g/mol. The maximum Gasteiger partial charge on any atom is 0.228 e. The first kappa shape index (κ1) is 14.1. The van der Waals surface area contributed by atoms with Crippen molar-refractivity contribution < 1.29 is 13.7 Å². The number of aromatic nitrogens is 2. The molecule has 6 nitrogen and oxygen atoms in total. The number of benzene rings is 1. The lowest BCUT2D eigenvalue weighted by Gasteiger charge is -2.00. The fraction of sp³-hybridized carbons (Fsp3) is 0.188. The van der Waals surface area contributed by atoms with Crippen LogP contribution in [0.3, 0.4) is 0 Å². The van der Waals surface area contributed by atoms with E-state index in [1.807, 2.05) is 37.3 Å². The van der Waals surface area contributed by atoms with Gasteiger partial charge in [0.05, 0.1) is 24.4 Å². The number of aryl methyl sites for hydroxylation is 1. The first-order chi connectivity index (χ1) is 10.7. The lowest BCUT2D eigenvalue weighted by Crippen LogP contribution is -2.24. The summed E-state index contributed by atoms with van der Waals surface area (Å²) in [5, 5.41) is 6.51. The zero-order valence-corrected chi connectivity index (χ0v) is 12.1. The molecule has 0 bridgehead atoms. The minimum atomic E-state index is -0.152. The molecule has 1 amide bonds. The molecule has 2 aromatic heterocycles. The molecule has 0 saturated heterocycles. The van der Waals surface area contributed by atoms with Gasteiger partial charge in [0, 0.05) is 11.6 Å². The van der Waals surface area contributed by atoms with Crippen LogP contribution in [-0.2, 0) is 17.8 Å². The van der Waals surface area contributed by atoms with E-state index in [9.17, 15) is 4.79 Å². The number of rotatable bonds is 5. The van der Waals surface area contributed by atoms with Crippen LogP contribution in [0.15, 0.2) is 51.6 Å². The van der Waals surface area contributed by atoms with E-state index >= 15 is 0 Å². The van der Waals surface area contributed by atoms with Gasteiger partial charge in [-0.2, -0.15) is 0 Å². The molecular formula is C16H15N3O3. The van der Waals surface area contributed by atoms with Crippen LogP contribution in [-0.4, -0.2) is 16.0 Å². The van der Waals surface area contributed by atoms with Crippen molar-refractivity contribution in [3.63, 3.8) is 0 Å². The van der Waals surface area contributed by atoms with E-state index in [0.29, 0.717) is 23.9 Å². The highest BCUT2D eigenvalue weighted by atomic mass is 16.5. The minimum absolute atomic E-state index is 0.152. The molecule has 2 heterocycles. The summed E-state index contributed by atoms with van der Waals surface area (Å²) in [6.07, 6.45) is 1.70. The van der Waals surface area contributed by atoms with Crippen LogP contribution >= 0.6 is 0 Å². The molecule has 0 radical (unpaired) electrons. The zero-order valence-electron chi connectivity index (χ0n) is 12.1. The SMILES string of the molecule is Cc1cc(CC(=O)NCc2coc(-c3ccccc3)n2)on1. The third kappa shape index (κ3) is 3.41. The first-order valence-electron chi connectivity index (χ1n) is 6.89. The van der Waals surface area contributed by atoms with E-state index in [2.05, 4.69) is 15.5 Å². The fourth-order valence-electron chi connectivity index (χ4n) is 2.01. The van der Waals surface area contributed by atoms with Gasteiger partial charge in [-0.3, -0.25) is 4.79 Å². The Morgan fingerprint density at radius 2 is 2.09 bits per heavy atom. The van der Waals surface area contributed by atoms with Gasteiger partial charge in [-0.1, -0.05) is 23.4 Å². The molecule has 1 aromatic carbocycles. The van der Waals surface area contributed by atoms with Crippen LogP contribution in [0.5, 0.6) is 0 Å². The highest BCUT2D eigenvalue weighted by Crippen LogP contribution is 2.17. The van der Waals surface area contributed by atoms with E-state index in [0.717, 1.165) is 11.3 Å². The van der Waals surface area contributed by atoms with Crippen molar-refractivity contribution in [2.45, 2.75) is 19.9 Å². The summed E-state index contributed by atoms with van der Waals surface area (Å²) in [6.45, 7) is 2.12. The van der Waals surface area contributed by atoms with E-state index < -0.39 is 0 Å². The van der Waals surface area contributed by atoms with Gasteiger partial charge in [0.25, 0.3) is 0 Å². The average molecular weight is 297 g/mol. The molecule has 0 aliphatic carbocycles. The molecule has 0 spiro atoms. The summed E-state index contributed by atoms with van der Waals surface area (Å²) in [4.78, 5) is 16.2. The smallest absolute Gasteiger partial charge is 0.228 e. The van der Waals surface area contributed by atoms with Crippen LogP contribution in [0.2, 0.25) is 0 Å². The van der Waals surface area contributed by atoms with Gasteiger partial charge in [0.1, 0.15) is 12.0 Å². The Balaban J connectivity index is 1.56. The number of carbonyl (C=O) groups is 1. The van der Waals surface area contributed by atoms with E-state index in [4.69, 9.17) is 8.94 Å². The quantitative estimate of drug-likeness (QED) is 0.782. The van der Waals surface area contributed by atoms with Crippen molar-refractivity contribution in [1.82, 2.24) is 15.5 Å². The summed E-state index contributed by atoms with van der Waals surface area (Å²) in [6, 6.07) is 11.3. The van der Waals surface area contributed by atoms with Crippen molar-refractivity contribution in [3.8, 4) is 11.5 Å². The number of hydrogen-bond donors (Lipinski definition) is 1. The largest absolute Gasteiger partial charge is 0.444 e. The highest BCUT2D eigenvalue weighted by Gasteiger charge is 2.10. The molecule has 0 fully saturated rings. The zero-order chi connectivity index (χ0) is 15.4. The Morgan fingerprint density at radius 3 is 2.82 bits per heavy atom. The van der Waals surface area contributed by atoms with Gasteiger partial charge < -0.3 is 14.3 Å². The van der Waals surface area contributed by atoms with Gasteiger partial charge >= 0.3 is 0 Å². The van der Waals surface area contributed by atoms with Crippen LogP contribution in [0, 0.1) is 6.92 Å². The summed E-state index contributed by atoms with van der Waals surface area (Å²) in [5.74, 6) is 0.927. The van der Waals surface area contributed by atoms with Crippen molar-refractivity contribution in [2.75, 3.05) is 0 Å². The van der Waals surface area contributed by atoms with E-state index in [1.54, 1.807) is 12.3 Å². The van der Waals surface area contributed by atoms with Crippen molar-refractivity contribution in [2.24, 2.45) is 0 Å². The second kappa shape index (κ2) is 6.26. The molecule has 3 aromatic rings. The lowest BCUT2D eigenvalue weighted by atomic mass is 10.2. The lowest BCUT2D eigenvalue weighted by molar-refractivity contribution is -0.120. The predicted octanol–water partition coefficient (Wildman–Crippen LogP) is 2.50. The fourth-order valence-corrected chi connectivity index (χ4v) is 2.01. The summed E-state index contributed by atoms with van der Waals surface area (Å²) in [5.41, 5.74) is 2.32. The summed E-state index contributed by atoms with van der Waals surface area (Å²) < 4.78 is 10.4. The molecule has 112 valence electrons. The highest BCUT2D eigenvalue weighted by molar-refractivity contribution is 5.77. The topological polar surface area (TPSA) is 81.2 Å². The predicted molar refractivity (Wildman–Crippen MR) is 78.7 cm³/mol. The molecule has 1 N–H and O–H groups in total. The number of hydrogen-bond acceptors (Lipinski definition) is 5. The molecule has 0 unspecified atom stereocenters. The van der Waals surface area contributed by atoms with Crippen LogP contribution in [0.4, 0.5) is 0 Å². The standard InChI is InChI=1S/C16H15N3O3/c1-11-7-14(22-19-11)8-15(20)17-9-13-10-21-16(18-13)12-5-3-2-4-6-12/h2-7,10H,8-9H2,1H3,(H,17,20). The Bertz CT molecular complexity index is 762. The normalized spacial score (nSPS) is 10.6. The Kier molecular flexibility index (Phi) is 4.00. The summed E-state index contributed by atoms with van der Waals surface area (Å²) >= 11 is 0. The van der Waals surface area contributed by atoms with E-state index in [1.165, 1.54) is 0 Å². The van der Waals surface area contributed by atoms with E-state index in [-0.39, 0.29) is 12.3 Å². The van der Waals surface area contributed by atoms with Crippen molar-refractivity contribution in [3.05, 3.63) is 59.8 Å². The maximum absolute atomic E-state index is 11.8. The van der Waals surface area contributed by atoms with Gasteiger partial charge in [0.15, 0.2) is 0 Å². The number of carbonyl (C=O) groups excluding carboxylic acids is 1. The average Bonchev–Trinajstić information content (AvgIpc) is 3.15. The Hall–Kier alpha value is -2.89. The van der Waals surface area contributed by atoms with Crippen LogP contribution in [0.25, 0.3) is 11.5 Å². The third-order valence-electron chi connectivity index (χ3n) is 3.05. The Labute approximate surface area is 127 Å². The number of nitrogens with one attached hydrogen (secondary N) is 1.